The van der Waals surface area contributed by atoms with E-state index in [1.807, 2.05) is 0 Å². The lowest BCUT2D eigenvalue weighted by molar-refractivity contribution is -0.146. The van der Waals surface area contributed by atoms with Crippen LogP contribution < -0.4 is 10.6 Å². The third kappa shape index (κ3) is 2.83. The number of nitrogens with two attached hydrogens (primary N) is 1. The van der Waals surface area contributed by atoms with Crippen LogP contribution in [0.1, 0.15) is 18.7 Å². The molecule has 0 saturated carbocycles. The van der Waals surface area contributed by atoms with Crippen LogP contribution in [0.2, 0.25) is 0 Å². The van der Waals surface area contributed by atoms with Crippen molar-refractivity contribution in [2.45, 2.75) is 19.8 Å². The lowest BCUT2D eigenvalue weighted by Gasteiger charge is -2.33. The van der Waals surface area contributed by atoms with Gasteiger partial charge in [-0.15, -0.1) is 0 Å². The lowest BCUT2D eigenvalue weighted by atomic mass is 9.96. The fourth-order valence-corrected chi connectivity index (χ4v) is 3.17. The van der Waals surface area contributed by atoms with Gasteiger partial charge in [0, 0.05) is 13.1 Å². The number of methoxy groups -OCH3 is 1. The van der Waals surface area contributed by atoms with E-state index in [2.05, 4.69) is 14.7 Å². The minimum atomic E-state index is -1.33. The Balaban J connectivity index is 2.05. The Bertz CT molecular complexity index is 851. The van der Waals surface area contributed by atoms with Crippen LogP contribution in [0.15, 0.2) is 0 Å². The van der Waals surface area contributed by atoms with Crippen LogP contribution in [-0.2, 0) is 9.53 Å². The zero-order valence-electron chi connectivity index (χ0n) is 13.8. The van der Waals surface area contributed by atoms with Crippen molar-refractivity contribution in [3.63, 3.8) is 0 Å². The second-order valence-corrected chi connectivity index (χ2v) is 5.95. The molecule has 1 aromatic heterocycles. The molecule has 2 heterocycles. The maximum atomic E-state index is 14.9. The highest BCUT2D eigenvalue weighted by molar-refractivity contribution is 5.92. The minimum Gasteiger partial charge on any atom is -0.469 e. The molecule has 0 atom stereocenters. The quantitative estimate of drug-likeness (QED) is 0.658. The Morgan fingerprint density at radius 3 is 2.40 bits per heavy atom. The number of benzene rings is 1. The number of piperidine rings is 1. The van der Waals surface area contributed by atoms with Gasteiger partial charge in [-0.2, -0.15) is 0 Å². The number of ether oxygens (including phenoxy) is 1. The van der Waals surface area contributed by atoms with Gasteiger partial charge < -0.3 is 15.4 Å². The first kappa shape index (κ1) is 17.2. The zero-order valence-corrected chi connectivity index (χ0v) is 13.8. The molecule has 2 N–H and O–H groups in total. The minimum absolute atomic E-state index is 0.158. The number of carbonyl (C=O) groups is 1. The van der Waals surface area contributed by atoms with Crippen LogP contribution >= 0.6 is 0 Å². The molecule has 1 aromatic carbocycles. The molecule has 6 nitrogen and oxygen atoms in total. The fraction of sp³-hybridized carbons (Fsp3) is 0.438. The van der Waals surface area contributed by atoms with E-state index in [4.69, 9.17) is 5.73 Å². The van der Waals surface area contributed by atoms with Crippen LogP contribution in [0.25, 0.3) is 10.9 Å². The van der Waals surface area contributed by atoms with Crippen molar-refractivity contribution in [3.05, 3.63) is 23.3 Å². The van der Waals surface area contributed by atoms with Crippen molar-refractivity contribution in [2.75, 3.05) is 30.8 Å². The van der Waals surface area contributed by atoms with Crippen LogP contribution in [0, 0.1) is 30.3 Å². The van der Waals surface area contributed by atoms with E-state index in [-0.39, 0.29) is 42.1 Å². The zero-order chi connectivity index (χ0) is 18.3. The summed E-state index contributed by atoms with van der Waals surface area (Å²) in [4.78, 5) is 20.6. The molecular formula is C16H17F3N4O2. The summed E-state index contributed by atoms with van der Waals surface area (Å²) < 4.78 is 48.5. The van der Waals surface area contributed by atoms with Gasteiger partial charge in [0.1, 0.15) is 22.8 Å². The first-order chi connectivity index (χ1) is 11.8. The first-order valence-corrected chi connectivity index (χ1v) is 7.78. The molecule has 1 aliphatic heterocycles. The highest BCUT2D eigenvalue weighted by Crippen LogP contribution is 2.36. The van der Waals surface area contributed by atoms with E-state index in [0.717, 1.165) is 0 Å². The molecule has 3 rings (SSSR count). The van der Waals surface area contributed by atoms with Gasteiger partial charge in [0.15, 0.2) is 17.5 Å². The largest absolute Gasteiger partial charge is 0.469 e. The number of rotatable bonds is 2. The Hall–Kier alpha value is -2.58. The topological polar surface area (TPSA) is 81.3 Å². The number of nitrogen functional groups attached to an aromatic ring is 1. The van der Waals surface area contributed by atoms with E-state index in [1.54, 1.807) is 0 Å². The number of fused-ring (bicyclic) bond motifs is 1. The van der Waals surface area contributed by atoms with E-state index < -0.39 is 28.5 Å². The summed E-state index contributed by atoms with van der Waals surface area (Å²) in [6, 6.07) is 0. The van der Waals surface area contributed by atoms with Crippen LogP contribution in [0.4, 0.5) is 24.7 Å². The summed E-state index contributed by atoms with van der Waals surface area (Å²) in [5, 5.41) is -0.464. The SMILES string of the molecule is COC(=O)C1CCN(c2c(F)c(F)c3c(N)nc(C)nc3c2F)CC1. The number of nitrogens with zero attached hydrogens (tertiary/aromatic N) is 3. The molecule has 0 spiro atoms. The molecule has 2 aromatic rings. The standard InChI is InChI=1S/C16H17F3N4O2/c1-7-21-13-9(15(20)22-7)10(17)11(18)14(12(13)19)23-5-3-8(4-6-23)16(24)25-2/h8H,3-6H2,1-2H3,(H2,20,21,22). The number of hydrogen-bond donors (Lipinski definition) is 1. The molecule has 134 valence electrons. The molecular weight excluding hydrogens is 337 g/mol. The summed E-state index contributed by atoms with van der Waals surface area (Å²) in [6.45, 7) is 1.87. The van der Waals surface area contributed by atoms with Gasteiger partial charge in [-0.1, -0.05) is 0 Å². The van der Waals surface area contributed by atoms with Gasteiger partial charge in [0.05, 0.1) is 18.4 Å². The predicted octanol–water partition coefficient (Wildman–Crippen LogP) is 2.33. The maximum Gasteiger partial charge on any atom is 0.308 e. The van der Waals surface area contributed by atoms with Gasteiger partial charge in [-0.3, -0.25) is 4.79 Å². The van der Waals surface area contributed by atoms with Gasteiger partial charge >= 0.3 is 5.97 Å². The monoisotopic (exact) mass is 354 g/mol. The van der Waals surface area contributed by atoms with Crippen LogP contribution in [0.5, 0.6) is 0 Å². The second-order valence-electron chi connectivity index (χ2n) is 5.95. The fourth-order valence-electron chi connectivity index (χ4n) is 3.17. The predicted molar refractivity (Wildman–Crippen MR) is 85.5 cm³/mol. The number of aromatic nitrogens is 2. The van der Waals surface area contributed by atoms with Crippen molar-refractivity contribution in [3.8, 4) is 0 Å². The summed E-state index contributed by atoms with van der Waals surface area (Å²) in [7, 11) is 1.29. The number of hydrogen-bond acceptors (Lipinski definition) is 6. The molecule has 1 saturated heterocycles. The lowest BCUT2D eigenvalue weighted by Crippen LogP contribution is -2.38. The molecule has 0 bridgehead atoms. The highest BCUT2D eigenvalue weighted by Gasteiger charge is 2.31. The molecule has 0 aliphatic carbocycles. The number of esters is 1. The van der Waals surface area contributed by atoms with E-state index >= 15 is 0 Å². The van der Waals surface area contributed by atoms with Crippen molar-refractivity contribution in [1.29, 1.82) is 0 Å². The van der Waals surface area contributed by atoms with Crippen molar-refractivity contribution >= 4 is 28.4 Å². The maximum absolute atomic E-state index is 14.9. The first-order valence-electron chi connectivity index (χ1n) is 7.78. The number of anilines is 2. The average Bonchev–Trinajstić information content (AvgIpc) is 2.59. The van der Waals surface area contributed by atoms with Crippen LogP contribution in [0.3, 0.4) is 0 Å². The third-order valence-corrected chi connectivity index (χ3v) is 4.43. The normalized spacial score (nSPS) is 15.6. The smallest absolute Gasteiger partial charge is 0.308 e. The van der Waals surface area contributed by atoms with Crippen LogP contribution in [-0.4, -0.2) is 36.1 Å². The van der Waals surface area contributed by atoms with Gasteiger partial charge in [-0.05, 0) is 19.8 Å². The van der Waals surface area contributed by atoms with E-state index in [0.29, 0.717) is 12.8 Å². The van der Waals surface area contributed by atoms with E-state index in [1.165, 1.54) is 18.9 Å². The summed E-state index contributed by atoms with van der Waals surface area (Å²) in [6.07, 6.45) is 0.715. The molecule has 0 amide bonds. The summed E-state index contributed by atoms with van der Waals surface area (Å²) >= 11 is 0. The molecule has 0 radical (unpaired) electrons. The second kappa shape index (κ2) is 6.38. The summed E-state index contributed by atoms with van der Waals surface area (Å²) in [5.74, 6) is -4.44. The van der Waals surface area contributed by atoms with Gasteiger partial charge in [0.2, 0.25) is 0 Å². The van der Waals surface area contributed by atoms with Crippen molar-refractivity contribution in [2.24, 2.45) is 5.92 Å². The highest BCUT2D eigenvalue weighted by atomic mass is 19.2. The van der Waals surface area contributed by atoms with Gasteiger partial charge in [-0.25, -0.2) is 23.1 Å². The Labute approximate surface area is 141 Å². The molecule has 1 fully saturated rings. The van der Waals surface area contributed by atoms with Gasteiger partial charge in [0.25, 0.3) is 0 Å². The average molecular weight is 354 g/mol. The number of aryl methyl sites for hydroxylation is 1. The van der Waals surface area contributed by atoms with E-state index in [9.17, 15) is 18.0 Å². The molecule has 1 aliphatic rings. The number of halogens is 3. The molecule has 25 heavy (non-hydrogen) atoms. The Morgan fingerprint density at radius 2 is 1.80 bits per heavy atom. The van der Waals surface area contributed by atoms with Crippen molar-refractivity contribution < 1.29 is 22.7 Å². The van der Waals surface area contributed by atoms with Crippen molar-refractivity contribution in [1.82, 2.24) is 9.97 Å². The molecule has 9 heteroatoms. The Morgan fingerprint density at radius 1 is 1.16 bits per heavy atom. The third-order valence-electron chi connectivity index (χ3n) is 4.43. The summed E-state index contributed by atoms with van der Waals surface area (Å²) in [5.41, 5.74) is 4.75. The Kier molecular flexibility index (Phi) is 4.40. The molecule has 0 unspecified atom stereocenters. The number of carbonyl (C=O) groups excluding carboxylic acids is 1.